The number of halogens is 1. The number of pyridine rings is 2. The van der Waals surface area contributed by atoms with Crippen molar-refractivity contribution in [3.8, 4) is 0 Å². The lowest BCUT2D eigenvalue weighted by molar-refractivity contribution is 0.747. The Kier molecular flexibility index (Phi) is 3.00. The minimum atomic E-state index is 0.227. The van der Waals surface area contributed by atoms with Gasteiger partial charge in [-0.15, -0.1) is 0 Å². The zero-order valence-electron chi connectivity index (χ0n) is 11.4. The third kappa shape index (κ3) is 2.24. The molecular weight excluding hydrogens is 282 g/mol. The zero-order chi connectivity index (χ0) is 14.2. The Morgan fingerprint density at radius 1 is 1.10 bits per heavy atom. The summed E-state index contributed by atoms with van der Waals surface area (Å²) in [7, 11) is 0. The van der Waals surface area contributed by atoms with Gasteiger partial charge in [0.2, 0.25) is 0 Å². The second-order valence-electron chi connectivity index (χ2n) is 5.31. The summed E-state index contributed by atoms with van der Waals surface area (Å²) in [6, 6.07) is 12.2. The van der Waals surface area contributed by atoms with E-state index in [1.54, 1.807) is 0 Å². The first kappa shape index (κ1) is 12.6. The molecule has 3 aromatic rings. The molecule has 0 aliphatic heterocycles. The lowest BCUT2D eigenvalue weighted by Crippen LogP contribution is -2.09. The van der Waals surface area contributed by atoms with Crippen molar-refractivity contribution in [2.24, 2.45) is 0 Å². The molecule has 21 heavy (non-hydrogen) atoms. The highest BCUT2D eigenvalue weighted by Crippen LogP contribution is 2.35. The summed E-state index contributed by atoms with van der Waals surface area (Å²) in [5.41, 5.74) is 4.39. The summed E-state index contributed by atoms with van der Waals surface area (Å²) >= 11 is 6.23. The molecule has 2 aromatic heterocycles. The fraction of sp³-hybridized carbons (Fsp3) is 0.176. The van der Waals surface area contributed by atoms with E-state index in [2.05, 4.69) is 21.4 Å². The van der Waals surface area contributed by atoms with Crippen molar-refractivity contribution in [3.63, 3.8) is 0 Å². The van der Waals surface area contributed by atoms with E-state index in [0.29, 0.717) is 0 Å². The summed E-state index contributed by atoms with van der Waals surface area (Å²) in [5, 5.41) is 5.34. The number of aryl methyl sites for hydroxylation is 1. The molecule has 2 heterocycles. The molecule has 1 aromatic carbocycles. The van der Waals surface area contributed by atoms with E-state index in [-0.39, 0.29) is 6.04 Å². The van der Waals surface area contributed by atoms with Crippen molar-refractivity contribution in [1.29, 1.82) is 0 Å². The summed E-state index contributed by atoms with van der Waals surface area (Å²) in [6.07, 6.45) is 5.77. The van der Waals surface area contributed by atoms with Crippen LogP contribution in [0.5, 0.6) is 0 Å². The zero-order valence-corrected chi connectivity index (χ0v) is 12.1. The molecule has 0 saturated carbocycles. The molecule has 0 bridgehead atoms. The van der Waals surface area contributed by atoms with E-state index in [1.165, 1.54) is 5.56 Å². The Balaban J connectivity index is 1.76. The van der Waals surface area contributed by atoms with Gasteiger partial charge in [-0.2, -0.15) is 0 Å². The molecule has 3 nitrogen and oxygen atoms in total. The Morgan fingerprint density at radius 2 is 1.95 bits per heavy atom. The number of benzene rings is 1. The molecule has 1 atom stereocenters. The molecule has 0 saturated heterocycles. The Labute approximate surface area is 128 Å². The molecule has 104 valence electrons. The maximum Gasteiger partial charge on any atom is 0.0934 e. The van der Waals surface area contributed by atoms with Gasteiger partial charge in [-0.1, -0.05) is 23.7 Å². The average Bonchev–Trinajstić information content (AvgIpc) is 2.90. The van der Waals surface area contributed by atoms with Crippen LogP contribution in [-0.4, -0.2) is 9.97 Å². The number of fused-ring (bicyclic) bond motifs is 2. The molecule has 0 amide bonds. The van der Waals surface area contributed by atoms with Crippen LogP contribution in [0.4, 0.5) is 5.69 Å². The first-order valence-electron chi connectivity index (χ1n) is 7.06. The van der Waals surface area contributed by atoms with Gasteiger partial charge in [0.05, 0.1) is 22.9 Å². The van der Waals surface area contributed by atoms with Gasteiger partial charge in [-0.05, 0) is 42.7 Å². The summed E-state index contributed by atoms with van der Waals surface area (Å²) in [5.74, 6) is 0. The maximum absolute atomic E-state index is 6.23. The second kappa shape index (κ2) is 5.01. The van der Waals surface area contributed by atoms with Crippen LogP contribution in [0.25, 0.3) is 10.9 Å². The second-order valence-corrected chi connectivity index (χ2v) is 5.75. The minimum Gasteiger partial charge on any atom is -0.375 e. The lowest BCUT2D eigenvalue weighted by atomic mass is 10.1. The number of nitrogens with one attached hydrogen (secondary N) is 1. The predicted molar refractivity (Wildman–Crippen MR) is 85.7 cm³/mol. The highest BCUT2D eigenvalue weighted by atomic mass is 35.5. The Morgan fingerprint density at radius 3 is 2.90 bits per heavy atom. The number of rotatable bonds is 2. The third-order valence-electron chi connectivity index (χ3n) is 3.96. The van der Waals surface area contributed by atoms with E-state index in [1.807, 2.05) is 42.7 Å². The molecule has 0 radical (unpaired) electrons. The van der Waals surface area contributed by atoms with E-state index >= 15 is 0 Å². The fourth-order valence-electron chi connectivity index (χ4n) is 3.01. The minimum absolute atomic E-state index is 0.227. The van der Waals surface area contributed by atoms with Crippen LogP contribution < -0.4 is 5.32 Å². The first-order chi connectivity index (χ1) is 10.3. The van der Waals surface area contributed by atoms with Gasteiger partial charge in [0.1, 0.15) is 0 Å². The summed E-state index contributed by atoms with van der Waals surface area (Å²) in [4.78, 5) is 9.00. The van der Waals surface area contributed by atoms with Crippen molar-refractivity contribution in [1.82, 2.24) is 9.97 Å². The van der Waals surface area contributed by atoms with Gasteiger partial charge in [0.15, 0.2) is 0 Å². The molecule has 4 heteroatoms. The summed E-state index contributed by atoms with van der Waals surface area (Å²) in [6.45, 7) is 0. The maximum atomic E-state index is 6.23. The number of hydrogen-bond donors (Lipinski definition) is 1. The topological polar surface area (TPSA) is 37.8 Å². The van der Waals surface area contributed by atoms with Crippen LogP contribution in [-0.2, 0) is 6.42 Å². The molecule has 1 N–H and O–H groups in total. The van der Waals surface area contributed by atoms with Crippen LogP contribution in [0.15, 0.2) is 48.8 Å². The normalized spacial score (nSPS) is 16.9. The van der Waals surface area contributed by atoms with Crippen LogP contribution in [0.3, 0.4) is 0 Å². The van der Waals surface area contributed by atoms with Crippen molar-refractivity contribution in [3.05, 3.63) is 65.1 Å². The van der Waals surface area contributed by atoms with Gasteiger partial charge in [0, 0.05) is 22.8 Å². The molecule has 1 unspecified atom stereocenters. The largest absolute Gasteiger partial charge is 0.375 e. The first-order valence-corrected chi connectivity index (χ1v) is 7.44. The predicted octanol–water partition coefficient (Wildman–Crippen LogP) is 4.38. The Hall–Kier alpha value is -2.13. The number of hydrogen-bond acceptors (Lipinski definition) is 3. The van der Waals surface area contributed by atoms with Gasteiger partial charge < -0.3 is 5.32 Å². The average molecular weight is 296 g/mol. The van der Waals surface area contributed by atoms with Gasteiger partial charge >= 0.3 is 0 Å². The van der Waals surface area contributed by atoms with Gasteiger partial charge in [0.25, 0.3) is 0 Å². The molecule has 0 fully saturated rings. The highest BCUT2D eigenvalue weighted by molar-refractivity contribution is 6.31. The van der Waals surface area contributed by atoms with Crippen molar-refractivity contribution < 1.29 is 0 Å². The van der Waals surface area contributed by atoms with Crippen molar-refractivity contribution in [2.75, 3.05) is 5.32 Å². The molecule has 0 spiro atoms. The number of anilines is 1. The molecule has 1 aliphatic rings. The van der Waals surface area contributed by atoms with Crippen LogP contribution in [0.2, 0.25) is 5.02 Å². The molecule has 1 aliphatic carbocycles. The van der Waals surface area contributed by atoms with E-state index in [0.717, 1.165) is 40.1 Å². The van der Waals surface area contributed by atoms with E-state index in [4.69, 9.17) is 11.6 Å². The van der Waals surface area contributed by atoms with Crippen LogP contribution in [0, 0.1) is 0 Å². The quantitative estimate of drug-likeness (QED) is 0.762. The number of aromatic nitrogens is 2. The van der Waals surface area contributed by atoms with Gasteiger partial charge in [-0.3, -0.25) is 9.97 Å². The van der Waals surface area contributed by atoms with E-state index in [9.17, 15) is 0 Å². The molecule has 4 rings (SSSR count). The monoisotopic (exact) mass is 295 g/mol. The number of nitrogens with zero attached hydrogens (tertiary/aromatic N) is 2. The SMILES string of the molecule is Clc1cc(NC2CCc3cccnc32)c2ncccc2c1. The summed E-state index contributed by atoms with van der Waals surface area (Å²) < 4.78 is 0. The van der Waals surface area contributed by atoms with Crippen LogP contribution in [0.1, 0.15) is 23.7 Å². The van der Waals surface area contributed by atoms with Gasteiger partial charge in [-0.25, -0.2) is 0 Å². The smallest absolute Gasteiger partial charge is 0.0934 e. The standard InChI is InChI=1S/C17H14ClN3/c18-13-9-12-4-2-8-20-17(12)15(10-13)21-14-6-5-11-3-1-7-19-16(11)14/h1-4,7-10,14,21H,5-6H2. The van der Waals surface area contributed by atoms with Crippen LogP contribution >= 0.6 is 11.6 Å². The van der Waals surface area contributed by atoms with Crippen molar-refractivity contribution >= 4 is 28.2 Å². The highest BCUT2D eigenvalue weighted by Gasteiger charge is 2.24. The van der Waals surface area contributed by atoms with Crippen molar-refractivity contribution in [2.45, 2.75) is 18.9 Å². The van der Waals surface area contributed by atoms with E-state index < -0.39 is 0 Å². The molecular formula is C17H14ClN3. The lowest BCUT2D eigenvalue weighted by Gasteiger charge is -2.16. The Bertz CT molecular complexity index is 816. The third-order valence-corrected chi connectivity index (χ3v) is 4.18. The fourth-order valence-corrected chi connectivity index (χ4v) is 3.23.